The number of rotatable bonds is 1. The molecule has 1 aliphatic rings. The van der Waals surface area contributed by atoms with Gasteiger partial charge in [0.05, 0.1) is 0 Å². The predicted octanol–water partition coefficient (Wildman–Crippen LogP) is 3.45. The fourth-order valence-corrected chi connectivity index (χ4v) is 3.46. The van der Waals surface area contributed by atoms with Gasteiger partial charge >= 0.3 is 0 Å². The van der Waals surface area contributed by atoms with Crippen LogP contribution in [0.2, 0.25) is 0 Å². The maximum absolute atomic E-state index is 3.54. The highest BCUT2D eigenvalue weighted by Gasteiger charge is 2.20. The third-order valence-electron chi connectivity index (χ3n) is 3.22. The lowest BCUT2D eigenvalue weighted by Gasteiger charge is -2.15. The molecule has 2 heterocycles. The van der Waals surface area contributed by atoms with Gasteiger partial charge in [-0.25, -0.2) is 0 Å². The molecule has 90 valence electrons. The molecule has 0 fully saturated rings. The molecular weight excluding hydrogens is 250 g/mol. The molecule has 1 atom stereocenters. The van der Waals surface area contributed by atoms with Crippen LogP contribution in [0.15, 0.2) is 41.8 Å². The average molecular weight is 266 g/mol. The van der Waals surface area contributed by atoms with Gasteiger partial charge in [-0.1, -0.05) is 30.3 Å². The van der Waals surface area contributed by atoms with E-state index in [0.717, 1.165) is 13.1 Å². The van der Waals surface area contributed by atoms with Crippen molar-refractivity contribution in [1.29, 1.82) is 0 Å². The van der Waals surface area contributed by atoms with Gasteiger partial charge in [-0.2, -0.15) is 0 Å². The molecule has 0 bridgehead atoms. The van der Waals surface area contributed by atoms with Gasteiger partial charge in [-0.05, 0) is 35.5 Å². The van der Waals surface area contributed by atoms with Gasteiger partial charge in [0.1, 0.15) is 0 Å². The van der Waals surface area contributed by atoms with Crippen molar-refractivity contribution in [3.05, 3.63) is 57.8 Å². The molecule has 0 saturated heterocycles. The molecule has 3 heteroatoms. The summed E-state index contributed by atoms with van der Waals surface area (Å²) in [6.07, 6.45) is 1.17. The normalized spacial score (nSPS) is 18.9. The minimum atomic E-state index is 0. The molecule has 0 radical (unpaired) electrons. The summed E-state index contributed by atoms with van der Waals surface area (Å²) in [5, 5.41) is 5.76. The van der Waals surface area contributed by atoms with E-state index in [0.29, 0.717) is 5.92 Å². The van der Waals surface area contributed by atoms with Crippen molar-refractivity contribution < 1.29 is 0 Å². The summed E-state index contributed by atoms with van der Waals surface area (Å²) in [5.74, 6) is 0.540. The van der Waals surface area contributed by atoms with E-state index in [4.69, 9.17) is 0 Å². The van der Waals surface area contributed by atoms with Crippen LogP contribution in [-0.2, 0) is 6.42 Å². The second kappa shape index (κ2) is 5.67. The van der Waals surface area contributed by atoms with Crippen molar-refractivity contribution in [1.82, 2.24) is 5.32 Å². The van der Waals surface area contributed by atoms with Crippen LogP contribution in [0.1, 0.15) is 21.9 Å². The molecule has 2 aromatic rings. The Labute approximate surface area is 112 Å². The third-order valence-corrected chi connectivity index (χ3v) is 4.29. The number of hydrogen-bond donors (Lipinski definition) is 1. The molecule has 17 heavy (non-hydrogen) atoms. The van der Waals surface area contributed by atoms with Crippen LogP contribution < -0.4 is 5.32 Å². The lowest BCUT2D eigenvalue weighted by atomic mass is 9.95. The molecule has 0 amide bonds. The molecular formula is C14H16ClNS. The Morgan fingerprint density at radius 1 is 1.12 bits per heavy atom. The lowest BCUT2D eigenvalue weighted by Crippen LogP contribution is -2.20. The van der Waals surface area contributed by atoms with Crippen LogP contribution in [0.25, 0.3) is 0 Å². The molecule has 3 rings (SSSR count). The van der Waals surface area contributed by atoms with E-state index in [1.807, 2.05) is 11.3 Å². The SMILES string of the molecule is Cl.c1ccc(C2CNCCc3ccsc32)cc1. The van der Waals surface area contributed by atoms with Gasteiger partial charge in [0.25, 0.3) is 0 Å². The number of benzene rings is 1. The number of thiophene rings is 1. The van der Waals surface area contributed by atoms with Crippen molar-refractivity contribution in [2.45, 2.75) is 12.3 Å². The molecule has 1 unspecified atom stereocenters. The number of halogens is 1. The van der Waals surface area contributed by atoms with Gasteiger partial charge in [0.15, 0.2) is 0 Å². The zero-order valence-electron chi connectivity index (χ0n) is 9.56. The number of hydrogen-bond acceptors (Lipinski definition) is 2. The molecule has 1 aliphatic heterocycles. The summed E-state index contributed by atoms with van der Waals surface area (Å²) < 4.78 is 0. The van der Waals surface area contributed by atoms with Crippen LogP contribution in [-0.4, -0.2) is 13.1 Å². The van der Waals surface area contributed by atoms with Gasteiger partial charge in [-0.3, -0.25) is 0 Å². The van der Waals surface area contributed by atoms with Crippen molar-refractivity contribution >= 4 is 23.7 Å². The zero-order valence-corrected chi connectivity index (χ0v) is 11.2. The van der Waals surface area contributed by atoms with Gasteiger partial charge in [0.2, 0.25) is 0 Å². The fourth-order valence-electron chi connectivity index (χ4n) is 2.38. The Morgan fingerprint density at radius 3 is 2.76 bits per heavy atom. The Hall–Kier alpha value is -0.830. The van der Waals surface area contributed by atoms with Crippen molar-refractivity contribution in [2.75, 3.05) is 13.1 Å². The molecule has 1 N–H and O–H groups in total. The maximum Gasteiger partial charge on any atom is 0.0311 e. The Morgan fingerprint density at radius 2 is 1.94 bits per heavy atom. The first-order chi connectivity index (χ1) is 7.95. The fraction of sp³-hybridized carbons (Fsp3) is 0.286. The van der Waals surface area contributed by atoms with Crippen LogP contribution in [0, 0.1) is 0 Å². The topological polar surface area (TPSA) is 12.0 Å². The second-order valence-electron chi connectivity index (χ2n) is 4.23. The minimum Gasteiger partial charge on any atom is -0.315 e. The smallest absolute Gasteiger partial charge is 0.0311 e. The minimum absolute atomic E-state index is 0. The van der Waals surface area contributed by atoms with Crippen LogP contribution >= 0.6 is 23.7 Å². The number of fused-ring (bicyclic) bond motifs is 1. The van der Waals surface area contributed by atoms with Crippen molar-refractivity contribution in [3.63, 3.8) is 0 Å². The molecule has 0 spiro atoms. The van der Waals surface area contributed by atoms with Crippen LogP contribution in [0.3, 0.4) is 0 Å². The van der Waals surface area contributed by atoms with E-state index in [1.165, 1.54) is 17.5 Å². The number of nitrogens with one attached hydrogen (secondary N) is 1. The third kappa shape index (κ3) is 2.54. The van der Waals surface area contributed by atoms with Crippen molar-refractivity contribution in [2.24, 2.45) is 0 Å². The summed E-state index contributed by atoms with van der Waals surface area (Å²) in [6, 6.07) is 13.1. The quantitative estimate of drug-likeness (QED) is 0.833. The van der Waals surface area contributed by atoms with E-state index < -0.39 is 0 Å². The van der Waals surface area contributed by atoms with Crippen molar-refractivity contribution in [3.8, 4) is 0 Å². The first-order valence-electron chi connectivity index (χ1n) is 5.77. The maximum atomic E-state index is 3.54. The summed E-state index contributed by atoms with van der Waals surface area (Å²) >= 11 is 1.90. The molecule has 0 aliphatic carbocycles. The van der Waals surface area contributed by atoms with E-state index >= 15 is 0 Å². The van der Waals surface area contributed by atoms with Gasteiger partial charge in [-0.15, -0.1) is 23.7 Å². The molecule has 1 nitrogen and oxygen atoms in total. The standard InChI is InChI=1S/C14H15NS.ClH/c1-2-4-11(5-3-1)13-10-15-8-6-12-7-9-16-14(12)13;/h1-5,7,9,13,15H,6,8,10H2;1H. The van der Waals surface area contributed by atoms with Gasteiger partial charge < -0.3 is 5.32 Å². The summed E-state index contributed by atoms with van der Waals surface area (Å²) in [7, 11) is 0. The monoisotopic (exact) mass is 265 g/mol. The Kier molecular flexibility index (Phi) is 4.21. The van der Waals surface area contributed by atoms with Gasteiger partial charge in [0, 0.05) is 17.3 Å². The summed E-state index contributed by atoms with van der Waals surface area (Å²) in [4.78, 5) is 1.55. The highest BCUT2D eigenvalue weighted by molar-refractivity contribution is 7.10. The predicted molar refractivity (Wildman–Crippen MR) is 76.4 cm³/mol. The average Bonchev–Trinajstić information content (AvgIpc) is 2.70. The highest BCUT2D eigenvalue weighted by Crippen LogP contribution is 2.32. The van der Waals surface area contributed by atoms with Crippen LogP contribution in [0.5, 0.6) is 0 Å². The largest absolute Gasteiger partial charge is 0.315 e. The van der Waals surface area contributed by atoms with E-state index in [-0.39, 0.29) is 12.4 Å². The van der Waals surface area contributed by atoms with Crippen LogP contribution in [0.4, 0.5) is 0 Å². The van der Waals surface area contributed by atoms with E-state index in [2.05, 4.69) is 47.1 Å². The molecule has 1 aromatic carbocycles. The Bertz CT molecular complexity index is 466. The summed E-state index contributed by atoms with van der Waals surface area (Å²) in [5.41, 5.74) is 2.96. The first-order valence-corrected chi connectivity index (χ1v) is 6.65. The summed E-state index contributed by atoms with van der Waals surface area (Å²) in [6.45, 7) is 2.17. The molecule has 1 aromatic heterocycles. The molecule has 0 saturated carbocycles. The van der Waals surface area contributed by atoms with E-state index in [9.17, 15) is 0 Å². The lowest BCUT2D eigenvalue weighted by molar-refractivity contribution is 0.668. The zero-order chi connectivity index (χ0) is 10.8. The first kappa shape index (κ1) is 12.6. The highest BCUT2D eigenvalue weighted by atomic mass is 35.5. The Balaban J connectivity index is 0.00000108. The van der Waals surface area contributed by atoms with E-state index in [1.54, 1.807) is 4.88 Å². The second-order valence-corrected chi connectivity index (χ2v) is 5.18.